The summed E-state index contributed by atoms with van der Waals surface area (Å²) in [6.07, 6.45) is 0. The summed E-state index contributed by atoms with van der Waals surface area (Å²) < 4.78 is 10.1. The van der Waals surface area contributed by atoms with E-state index in [2.05, 4.69) is 490 Å². The van der Waals surface area contributed by atoms with Crippen molar-refractivity contribution in [1.29, 1.82) is 0 Å². The third-order valence-electron chi connectivity index (χ3n) is 27.7. The molecule has 17 aromatic carbocycles. The second-order valence-corrected chi connectivity index (χ2v) is 41.0. The molecule has 0 amide bonds. The Morgan fingerprint density at radius 2 is 0.453 bits per heavy atom. The second-order valence-electron chi connectivity index (χ2n) is 41.0. The van der Waals surface area contributed by atoms with E-state index in [1.165, 1.54) is 126 Å². The zero-order chi connectivity index (χ0) is 87.5. The van der Waals surface area contributed by atoms with Crippen LogP contribution >= 0.6 is 0 Å². The quantitative estimate of drug-likeness (QED) is 0.122. The Morgan fingerprint density at radius 3 is 0.750 bits per heavy atom. The molecule has 0 saturated carbocycles. The first-order valence-corrected chi connectivity index (χ1v) is 45.5. The van der Waals surface area contributed by atoms with Crippen molar-refractivity contribution >= 4 is 154 Å². The Balaban J connectivity index is 0.869. The largest absolute Gasteiger partial charge is 0.309 e. The molecule has 0 aliphatic rings. The molecule has 0 unspecified atom stereocenters. The van der Waals surface area contributed by atoms with Crippen LogP contribution in [-0.4, -0.2) is 17.9 Å². The highest BCUT2D eigenvalue weighted by atomic mass is 15.2. The Bertz CT molecular complexity index is 7890. The molecule has 0 atom stereocenters. The molecule has 23 aromatic rings. The molecular formula is C122H104N6. The third-order valence-corrected chi connectivity index (χ3v) is 27.7. The molecule has 128 heavy (non-hydrogen) atoms. The number of benzene rings is 17. The van der Waals surface area contributed by atoms with Crippen molar-refractivity contribution in [2.45, 2.75) is 131 Å². The van der Waals surface area contributed by atoms with Gasteiger partial charge in [-0.1, -0.05) is 310 Å². The monoisotopic (exact) mass is 1650 g/mol. The molecule has 0 aliphatic heterocycles. The number of hydrogen-bond acceptors (Lipinski definition) is 2. The molecular weight excluding hydrogens is 1550 g/mol. The summed E-state index contributed by atoms with van der Waals surface area (Å²) in [5, 5.41) is 14.7. The molecule has 0 N–H and O–H groups in total. The van der Waals surface area contributed by atoms with Crippen LogP contribution in [0.2, 0.25) is 0 Å². The zero-order valence-electron chi connectivity index (χ0n) is 75.7. The summed E-state index contributed by atoms with van der Waals surface area (Å²) in [6, 6.07) is 138. The van der Waals surface area contributed by atoms with Gasteiger partial charge in [-0.05, 0) is 229 Å². The van der Waals surface area contributed by atoms with Gasteiger partial charge in [0.05, 0.1) is 66.5 Å². The smallest absolute Gasteiger partial charge is 0.0620 e. The van der Waals surface area contributed by atoms with E-state index in [-0.39, 0.29) is 21.7 Å². The van der Waals surface area contributed by atoms with Gasteiger partial charge in [-0.2, -0.15) is 0 Å². The maximum Gasteiger partial charge on any atom is 0.0620 e. The van der Waals surface area contributed by atoms with Crippen LogP contribution in [0.5, 0.6) is 0 Å². The number of anilines is 6. The molecule has 0 saturated heterocycles. The minimum Gasteiger partial charge on any atom is -0.309 e. The van der Waals surface area contributed by atoms with Gasteiger partial charge in [0.1, 0.15) is 0 Å². The van der Waals surface area contributed by atoms with E-state index in [4.69, 9.17) is 0 Å². The van der Waals surface area contributed by atoms with Crippen LogP contribution in [0.3, 0.4) is 0 Å². The van der Waals surface area contributed by atoms with Crippen LogP contribution in [0, 0.1) is 0 Å². The minimum absolute atomic E-state index is 0.0738. The summed E-state index contributed by atoms with van der Waals surface area (Å²) in [5.74, 6) is 0. The zero-order valence-corrected chi connectivity index (χ0v) is 75.7. The topological polar surface area (TPSA) is 25.2 Å². The predicted molar refractivity (Wildman–Crippen MR) is 549 cm³/mol. The van der Waals surface area contributed by atoms with Crippen LogP contribution < -0.4 is 9.80 Å². The van der Waals surface area contributed by atoms with Gasteiger partial charge in [0.2, 0.25) is 0 Å². The number of rotatable bonds is 12. The average Bonchev–Trinajstić information content (AvgIpc) is 1.60. The molecule has 23 rings (SSSR count). The van der Waals surface area contributed by atoms with Crippen LogP contribution in [0.25, 0.3) is 176 Å². The molecule has 0 spiro atoms. The lowest BCUT2D eigenvalue weighted by Crippen LogP contribution is -2.19. The van der Waals surface area contributed by atoms with Gasteiger partial charge < -0.3 is 27.7 Å². The van der Waals surface area contributed by atoms with E-state index in [0.29, 0.717) is 0 Å². The van der Waals surface area contributed by atoms with Crippen molar-refractivity contribution in [1.82, 2.24) is 17.9 Å². The van der Waals surface area contributed by atoms with Gasteiger partial charge in [-0.25, -0.2) is 0 Å². The van der Waals surface area contributed by atoms with E-state index < -0.39 is 5.41 Å². The molecule has 0 radical (unpaired) electrons. The summed E-state index contributed by atoms with van der Waals surface area (Å²) in [4.78, 5) is 5.31. The first-order valence-electron chi connectivity index (χ1n) is 45.5. The van der Waals surface area contributed by atoms with E-state index in [1.54, 1.807) is 0 Å². The lowest BCUT2D eigenvalue weighted by molar-refractivity contribution is 0.590. The maximum absolute atomic E-state index is 2.68. The van der Waals surface area contributed by atoms with Gasteiger partial charge in [-0.3, -0.25) is 0 Å². The Kier molecular flexibility index (Phi) is 17.4. The molecule has 6 heteroatoms. The fraction of sp³-hybridized carbons (Fsp3) is 0.164. The third kappa shape index (κ3) is 12.4. The van der Waals surface area contributed by atoms with Gasteiger partial charge in [-0.15, -0.1) is 0 Å². The molecule has 0 fully saturated rings. The highest BCUT2D eigenvalue weighted by Crippen LogP contribution is 2.56. The lowest BCUT2D eigenvalue weighted by atomic mass is 9.85. The number of hydrogen-bond donors (Lipinski definition) is 0. The normalized spacial score (nSPS) is 12.8. The Morgan fingerprint density at radius 1 is 0.180 bits per heavy atom. The van der Waals surface area contributed by atoms with Crippen LogP contribution in [0.1, 0.15) is 132 Å². The molecule has 622 valence electrons. The van der Waals surface area contributed by atoms with Gasteiger partial charge >= 0.3 is 0 Å². The van der Waals surface area contributed by atoms with Gasteiger partial charge in [0, 0.05) is 121 Å². The van der Waals surface area contributed by atoms with Gasteiger partial charge in [0.25, 0.3) is 0 Å². The van der Waals surface area contributed by atoms with E-state index in [0.717, 1.165) is 112 Å². The Hall–Kier alpha value is -14.5. The van der Waals surface area contributed by atoms with Crippen LogP contribution in [0.15, 0.2) is 358 Å². The number of aromatic nitrogens is 4. The van der Waals surface area contributed by atoms with Crippen LogP contribution in [0.4, 0.5) is 34.1 Å². The highest BCUT2D eigenvalue weighted by Gasteiger charge is 2.34. The van der Waals surface area contributed by atoms with Crippen molar-refractivity contribution < 1.29 is 0 Å². The SMILES string of the molecule is CC(C)(C)c1cc(N(c2cccc(-n3c4ccc(C(C)(C)C)cc4c4cc(C(C)(C)C)ccc43)c2)c2c(-c3ccccc3)cccc2-c2ccccc2)cc(N(c2cccc(-n3c4ccc(C(C)(C)C)cc4c4cc(C(C)(C)C)ccc43)c2)c2c(-c3cc4c5ccccc5n5c6ccccc6c(c3)c45)cccc2-c2cc3c4ccccc4n4c5ccccc5c(c2)c34)c1. The van der Waals surface area contributed by atoms with Crippen molar-refractivity contribution in [3.63, 3.8) is 0 Å². The first-order chi connectivity index (χ1) is 61.7. The van der Waals surface area contributed by atoms with Gasteiger partial charge in [0.15, 0.2) is 0 Å². The van der Waals surface area contributed by atoms with Crippen molar-refractivity contribution in [3.05, 3.63) is 386 Å². The van der Waals surface area contributed by atoms with Crippen molar-refractivity contribution in [2.24, 2.45) is 0 Å². The molecule has 0 bridgehead atoms. The van der Waals surface area contributed by atoms with Crippen molar-refractivity contribution in [3.8, 4) is 55.9 Å². The van der Waals surface area contributed by atoms with E-state index in [9.17, 15) is 0 Å². The molecule has 6 aromatic heterocycles. The minimum atomic E-state index is -0.426. The Labute approximate surface area is 749 Å². The predicted octanol–water partition coefficient (Wildman–Crippen LogP) is 34.3. The standard InChI is InChI=1S/C122H104N6/c1-118(2,3)79-54-58-110-98(68-79)99-69-80(119(4,5)6)55-59-111(99)125(110)86-40-30-38-84(72-86)123(114-90(75-34-18-16-19-35-75)46-32-47-91(114)76-36-20-17-21-37-76)88-66-83(122(13,14)15)67-89(74-88)124(85-39-31-41-87(73-85)126-112-60-56-81(120(7,8)9)70-100(112)101-71-82(121(10,11)12)57-61-113(101)126)115-92(77-62-102-94-42-22-26-50-106(94)127-107-51-27-23-43-95(107)103(63-77)116(102)127)48-33-49-93(115)78-64-104-96-44-24-28-52-108(96)128-109-53-29-25-45-97(109)105(65-78)117(104)128/h16-74H,1-15H3. The summed E-state index contributed by atoms with van der Waals surface area (Å²) >= 11 is 0. The average molecular weight is 1650 g/mol. The molecule has 0 aliphatic carbocycles. The fourth-order valence-corrected chi connectivity index (χ4v) is 21.1. The number of para-hydroxylation sites is 6. The first kappa shape index (κ1) is 78.3. The van der Waals surface area contributed by atoms with E-state index in [1.807, 2.05) is 0 Å². The number of nitrogens with zero attached hydrogens (tertiary/aromatic N) is 6. The number of fused-ring (bicyclic) bond motifs is 18. The summed E-state index contributed by atoms with van der Waals surface area (Å²) in [6.45, 7) is 35.2. The second kappa shape index (κ2) is 28.5. The van der Waals surface area contributed by atoms with E-state index >= 15 is 0 Å². The summed E-state index contributed by atoms with van der Waals surface area (Å²) in [5.41, 5.74) is 34.6. The van der Waals surface area contributed by atoms with Crippen molar-refractivity contribution in [2.75, 3.05) is 9.80 Å². The highest BCUT2D eigenvalue weighted by molar-refractivity contribution is 6.27. The molecule has 6 heterocycles. The van der Waals surface area contributed by atoms with Crippen LogP contribution in [-0.2, 0) is 27.1 Å². The lowest BCUT2D eigenvalue weighted by Gasteiger charge is -2.35. The molecule has 6 nitrogen and oxygen atoms in total. The maximum atomic E-state index is 2.68. The summed E-state index contributed by atoms with van der Waals surface area (Å²) in [7, 11) is 0. The fourth-order valence-electron chi connectivity index (χ4n) is 21.1.